The second kappa shape index (κ2) is 10.9. The van der Waals surface area contributed by atoms with Crippen LogP contribution < -0.4 is 0 Å². The summed E-state index contributed by atoms with van der Waals surface area (Å²) in [6.07, 6.45) is 0. The summed E-state index contributed by atoms with van der Waals surface area (Å²) in [4.78, 5) is 4.77. The maximum Gasteiger partial charge on any atom is 0.145 e. The predicted molar refractivity (Wildman–Crippen MR) is 210 cm³/mol. The number of para-hydroxylation sites is 3. The number of benzene rings is 8. The Morgan fingerprint density at radius 1 is 0.520 bits per heavy atom. The van der Waals surface area contributed by atoms with E-state index in [-0.39, 0.29) is 72.0 Å². The fourth-order valence-corrected chi connectivity index (χ4v) is 7.10. The normalized spacial score (nSPS) is 18.8. The fourth-order valence-electron chi connectivity index (χ4n) is 7.10. The molecule has 236 valence electrons. The summed E-state index contributed by atoms with van der Waals surface area (Å²) in [7, 11) is 0. The average Bonchev–Trinajstić information content (AvgIpc) is 3.84. The first-order valence-corrected chi connectivity index (χ1v) is 15.8. The molecule has 9 aromatic rings. The van der Waals surface area contributed by atoms with Gasteiger partial charge in [0.25, 0.3) is 0 Å². The molecule has 0 radical (unpaired) electrons. The smallest absolute Gasteiger partial charge is 0.145 e. The van der Waals surface area contributed by atoms with Gasteiger partial charge in [-0.05, 0) is 84.7 Å². The quantitative estimate of drug-likeness (QED) is 0.172. The van der Waals surface area contributed by atoms with Crippen LogP contribution in [-0.4, -0.2) is 9.55 Å². The Hall–Kier alpha value is -6.25. The van der Waals surface area contributed by atoms with Gasteiger partial charge >= 0.3 is 0 Å². The molecule has 0 amide bonds. The van der Waals surface area contributed by atoms with E-state index < -0.39 is 137 Å². The molecule has 2 heteroatoms. The number of hydrogen-bond donors (Lipinski definition) is 0. The van der Waals surface area contributed by atoms with E-state index in [9.17, 15) is 9.60 Å². The number of aromatic nitrogens is 2. The summed E-state index contributed by atoms with van der Waals surface area (Å²) in [5.74, 6) is -0.121. The molecule has 0 aliphatic heterocycles. The molecule has 1 aromatic heterocycles. The summed E-state index contributed by atoms with van der Waals surface area (Å²) in [6, 6.07) is 0.143. The van der Waals surface area contributed by atoms with Gasteiger partial charge in [-0.1, -0.05) is 159 Å². The molecule has 1 aliphatic rings. The largest absolute Gasteiger partial charge is 0.292 e. The van der Waals surface area contributed by atoms with Crippen molar-refractivity contribution in [1.82, 2.24) is 9.55 Å². The Kier molecular flexibility index (Phi) is 3.29. The first-order valence-electron chi connectivity index (χ1n) is 25.8. The molecule has 0 saturated carbocycles. The zero-order valence-corrected chi connectivity index (χ0v) is 26.5. The van der Waals surface area contributed by atoms with Gasteiger partial charge in [0, 0.05) is 16.5 Å². The highest BCUT2D eigenvalue weighted by Crippen LogP contribution is 2.51. The van der Waals surface area contributed by atoms with Crippen LogP contribution in [0.25, 0.3) is 83.0 Å². The molecule has 0 saturated heterocycles. The third-order valence-corrected chi connectivity index (χ3v) is 9.32. The highest BCUT2D eigenvalue weighted by atomic mass is 15.1. The van der Waals surface area contributed by atoms with Gasteiger partial charge in [0.1, 0.15) is 5.82 Å². The van der Waals surface area contributed by atoms with E-state index >= 15 is 0 Å². The molecular weight excluding hydrogens is 605 g/mol. The van der Waals surface area contributed by atoms with Crippen LogP contribution in [0.15, 0.2) is 169 Å². The Bertz CT molecular complexity index is 3820. The minimum atomic E-state index is -1.44. The molecule has 0 fully saturated rings. The van der Waals surface area contributed by atoms with Crippen LogP contribution in [-0.2, 0) is 5.41 Å². The van der Waals surface area contributed by atoms with Gasteiger partial charge in [-0.25, -0.2) is 4.98 Å². The van der Waals surface area contributed by atoms with E-state index in [0.29, 0.717) is 11.0 Å². The highest BCUT2D eigenvalue weighted by molar-refractivity contribution is 6.22. The molecule has 0 spiro atoms. The molecule has 1 heterocycles. The van der Waals surface area contributed by atoms with Crippen molar-refractivity contribution in [2.24, 2.45) is 0 Å². The predicted octanol–water partition coefficient (Wildman–Crippen LogP) is 12.6. The van der Waals surface area contributed by atoms with Crippen molar-refractivity contribution in [3.63, 3.8) is 0 Å². The van der Waals surface area contributed by atoms with E-state index in [1.165, 1.54) is 10.6 Å². The number of hydrogen-bond acceptors (Lipinski definition) is 1. The van der Waals surface area contributed by atoms with Crippen molar-refractivity contribution < 1.29 is 27.4 Å². The van der Waals surface area contributed by atoms with Crippen molar-refractivity contribution in [1.29, 1.82) is 0 Å². The molecule has 8 aromatic carbocycles. The summed E-state index contributed by atoms with van der Waals surface area (Å²) in [5, 5.41) is -1.39. The van der Waals surface area contributed by atoms with Crippen LogP contribution in [0.3, 0.4) is 0 Å². The molecule has 0 bridgehead atoms. The lowest BCUT2D eigenvalue weighted by Crippen LogP contribution is -2.14. The lowest BCUT2D eigenvalue weighted by atomic mass is 9.80. The molecular formula is C48H34N2. The summed E-state index contributed by atoms with van der Waals surface area (Å²) < 4.78 is 183. The van der Waals surface area contributed by atoms with Gasteiger partial charge in [0.2, 0.25) is 0 Å². The second-order valence-electron chi connectivity index (χ2n) is 12.4. The van der Waals surface area contributed by atoms with E-state index in [1.807, 2.05) is 0 Å². The zero-order chi connectivity index (χ0) is 50.8. The molecule has 10 rings (SSSR count). The summed E-state index contributed by atoms with van der Waals surface area (Å²) in [6.45, 7) is 3.19. The Labute approximate surface area is 320 Å². The molecule has 0 atom stereocenters. The van der Waals surface area contributed by atoms with E-state index in [2.05, 4.69) is 0 Å². The van der Waals surface area contributed by atoms with Crippen LogP contribution in [0.1, 0.15) is 52.4 Å². The lowest BCUT2D eigenvalue weighted by Gasteiger charge is -2.23. The van der Waals surface area contributed by atoms with Crippen molar-refractivity contribution in [3.05, 3.63) is 181 Å². The SMILES string of the molecule is [2H]c1c([2H])c([2H])c(-c2nc3ccccc3n2-c2ccccc2-c2c3c([2H])c([2H])c([2H])c([2H])c3c(-c3c([2H])c([2H])c4c(c3[2H])C(C)(C)c3c([2H])c([2H])c([2H])c([2H])c3-4)c3c([2H])c([2H])c([2H])c([2H])c23)c([2H])c1[2H]. The maximum absolute atomic E-state index is 10.00. The van der Waals surface area contributed by atoms with Crippen LogP contribution >= 0.6 is 0 Å². The highest BCUT2D eigenvalue weighted by Gasteiger charge is 2.35. The Balaban J connectivity index is 1.44. The van der Waals surface area contributed by atoms with Crippen molar-refractivity contribution in [2.45, 2.75) is 19.3 Å². The second-order valence-corrected chi connectivity index (χ2v) is 12.4. The monoisotopic (exact) mass is 658 g/mol. The van der Waals surface area contributed by atoms with E-state index in [1.54, 1.807) is 56.3 Å². The first-order chi connectivity index (χ1) is 32.9. The minimum Gasteiger partial charge on any atom is -0.292 e. The van der Waals surface area contributed by atoms with Crippen LogP contribution in [0, 0.1) is 0 Å². The van der Waals surface area contributed by atoms with Gasteiger partial charge in [0.05, 0.1) is 44.1 Å². The van der Waals surface area contributed by atoms with Gasteiger partial charge in [-0.3, -0.25) is 4.57 Å². The van der Waals surface area contributed by atoms with Crippen LogP contribution in [0.4, 0.5) is 0 Å². The van der Waals surface area contributed by atoms with Crippen molar-refractivity contribution in [3.8, 4) is 50.5 Å². The van der Waals surface area contributed by atoms with Crippen LogP contribution in [0.2, 0.25) is 0 Å². The van der Waals surface area contributed by atoms with E-state index in [0.717, 1.165) is 0 Å². The Morgan fingerprint density at radius 2 is 1.12 bits per heavy atom. The molecule has 0 N–H and O–H groups in total. The topological polar surface area (TPSA) is 17.8 Å². The van der Waals surface area contributed by atoms with Crippen molar-refractivity contribution >= 4 is 32.6 Å². The average molecular weight is 659 g/mol. The van der Waals surface area contributed by atoms with Gasteiger partial charge in [-0.15, -0.1) is 0 Å². The standard InChI is InChI=1S/C48H34N2/c1-48(2)40-24-12-10-18-33(40)34-29-28-32(30-41(34)48)45-35-19-6-8-21-37(35)46(38-22-9-7-20-36(38)45)39-23-11-14-26-43(39)50-44-27-15-13-25-42(44)49-47(50)31-16-4-3-5-17-31/h3-30H,1-2H3/i3D,4D,5D,6D,7D,8D,9D,10D,12D,16D,17D,18D,19D,20D,21D,22D,24D,28D,29D,30D. The Morgan fingerprint density at radius 3 is 1.88 bits per heavy atom. The van der Waals surface area contributed by atoms with Crippen LogP contribution in [0.5, 0.6) is 0 Å². The fraction of sp³-hybridized carbons (Fsp3) is 0.0625. The molecule has 0 unspecified atom stereocenters. The van der Waals surface area contributed by atoms with E-state index in [4.69, 9.17) is 22.8 Å². The van der Waals surface area contributed by atoms with Gasteiger partial charge < -0.3 is 0 Å². The minimum absolute atomic E-state index is 0.00458. The van der Waals surface area contributed by atoms with Gasteiger partial charge in [0.15, 0.2) is 0 Å². The summed E-state index contributed by atoms with van der Waals surface area (Å²) in [5.41, 5.74) is -1.97. The number of imidazole rings is 1. The lowest BCUT2D eigenvalue weighted by molar-refractivity contribution is 0.660. The van der Waals surface area contributed by atoms with Gasteiger partial charge in [-0.2, -0.15) is 0 Å². The molecule has 2 nitrogen and oxygen atoms in total. The zero-order valence-electron chi connectivity index (χ0n) is 46.5. The molecule has 50 heavy (non-hydrogen) atoms. The molecule has 1 aliphatic carbocycles. The number of nitrogens with zero attached hydrogens (tertiary/aromatic N) is 2. The number of fused-ring (bicyclic) bond motifs is 6. The van der Waals surface area contributed by atoms with Crippen molar-refractivity contribution in [2.75, 3.05) is 0 Å². The summed E-state index contributed by atoms with van der Waals surface area (Å²) >= 11 is 0. The third-order valence-electron chi connectivity index (χ3n) is 9.32. The first kappa shape index (κ1) is 15.1. The third kappa shape index (κ3) is 4.12. The number of rotatable bonds is 4. The maximum atomic E-state index is 10.00.